The van der Waals surface area contributed by atoms with Gasteiger partial charge in [0.1, 0.15) is 5.82 Å². The molecule has 2 heterocycles. The van der Waals surface area contributed by atoms with Crippen molar-refractivity contribution in [2.24, 2.45) is 4.99 Å². The van der Waals surface area contributed by atoms with Crippen LogP contribution in [0.15, 0.2) is 65.7 Å². The third-order valence-corrected chi connectivity index (χ3v) is 6.37. The molecule has 0 aliphatic rings. The van der Waals surface area contributed by atoms with Gasteiger partial charge < -0.3 is 9.47 Å². The fourth-order valence-electron chi connectivity index (χ4n) is 4.52. The SMILES string of the molecule is CCc1nc2c(C)cc(N=C(NC#N)N(C)C)cc2n1Cc1ccc(-c2ccccc2-c2nn[nH]n2)cc1. The number of hydrogen-bond acceptors (Lipinski definition) is 6. The summed E-state index contributed by atoms with van der Waals surface area (Å²) in [6, 6.07) is 20.6. The Balaban J connectivity index is 1.51. The molecule has 0 unspecified atom stereocenters. The average Bonchev–Trinajstić information content (AvgIpc) is 3.58. The van der Waals surface area contributed by atoms with Crippen LogP contribution in [-0.2, 0) is 13.0 Å². The number of nitriles is 1. The number of tetrazole rings is 1. The van der Waals surface area contributed by atoms with Gasteiger partial charge in [-0.05, 0) is 46.5 Å². The fraction of sp³-hybridized carbons (Fsp3) is 0.214. The molecule has 5 rings (SSSR count). The van der Waals surface area contributed by atoms with Crippen molar-refractivity contribution in [3.63, 3.8) is 0 Å². The van der Waals surface area contributed by atoms with Gasteiger partial charge in [-0.3, -0.25) is 5.32 Å². The molecule has 0 aliphatic carbocycles. The second-order valence-corrected chi connectivity index (χ2v) is 9.14. The topological polar surface area (TPSA) is 124 Å². The normalized spacial score (nSPS) is 11.5. The lowest BCUT2D eigenvalue weighted by Gasteiger charge is -2.14. The summed E-state index contributed by atoms with van der Waals surface area (Å²) >= 11 is 0. The quantitative estimate of drug-likeness (QED) is 0.152. The number of hydrogen-bond donors (Lipinski definition) is 2. The maximum Gasteiger partial charge on any atom is 0.212 e. The van der Waals surface area contributed by atoms with Crippen LogP contribution in [0.4, 0.5) is 5.69 Å². The Morgan fingerprint density at radius 3 is 2.53 bits per heavy atom. The van der Waals surface area contributed by atoms with Crippen LogP contribution in [0.5, 0.6) is 0 Å². The van der Waals surface area contributed by atoms with E-state index in [0.717, 1.165) is 56.8 Å². The molecule has 3 aromatic carbocycles. The molecule has 10 nitrogen and oxygen atoms in total. The van der Waals surface area contributed by atoms with Crippen molar-refractivity contribution >= 4 is 22.7 Å². The highest BCUT2D eigenvalue weighted by Gasteiger charge is 2.15. The molecule has 0 saturated carbocycles. The molecule has 0 amide bonds. The molecule has 190 valence electrons. The highest BCUT2D eigenvalue weighted by atomic mass is 15.5. The lowest BCUT2D eigenvalue weighted by Crippen LogP contribution is -2.32. The van der Waals surface area contributed by atoms with Gasteiger partial charge >= 0.3 is 0 Å². The summed E-state index contributed by atoms with van der Waals surface area (Å²) in [5, 5.41) is 26.3. The minimum atomic E-state index is 0.477. The van der Waals surface area contributed by atoms with E-state index in [4.69, 9.17) is 10.2 Å². The first-order valence-corrected chi connectivity index (χ1v) is 12.3. The van der Waals surface area contributed by atoms with Crippen LogP contribution >= 0.6 is 0 Å². The van der Waals surface area contributed by atoms with Gasteiger partial charge in [-0.2, -0.15) is 10.5 Å². The Bertz CT molecular complexity index is 1640. The number of aryl methyl sites for hydroxylation is 2. The number of aromatic amines is 1. The number of benzene rings is 3. The van der Waals surface area contributed by atoms with Gasteiger partial charge in [-0.1, -0.05) is 55.5 Å². The second kappa shape index (κ2) is 10.5. The Kier molecular flexibility index (Phi) is 6.82. The zero-order valence-corrected chi connectivity index (χ0v) is 21.8. The molecule has 0 fully saturated rings. The first-order chi connectivity index (χ1) is 18.5. The Morgan fingerprint density at radius 1 is 1.11 bits per heavy atom. The van der Waals surface area contributed by atoms with Crippen LogP contribution in [0.25, 0.3) is 33.5 Å². The Hall–Kier alpha value is -5.04. The van der Waals surface area contributed by atoms with Crippen molar-refractivity contribution in [3.05, 3.63) is 77.6 Å². The van der Waals surface area contributed by atoms with Crippen LogP contribution in [0.1, 0.15) is 23.9 Å². The first-order valence-electron chi connectivity index (χ1n) is 12.3. The highest BCUT2D eigenvalue weighted by Crippen LogP contribution is 2.31. The number of guanidine groups is 1. The molecule has 2 aromatic heterocycles. The molecule has 0 radical (unpaired) electrons. The standard InChI is InChI=1S/C28H28N10/c1-5-25-32-26-18(2)14-21(31-28(30-17-29)37(3)4)15-24(26)38(25)16-19-10-12-20(13-11-19)22-8-6-7-9-23(22)27-33-35-36-34-27/h6-15H,5,16H2,1-4H3,(H,30,31)(H,33,34,35,36). The summed E-state index contributed by atoms with van der Waals surface area (Å²) in [6.45, 7) is 4.84. The summed E-state index contributed by atoms with van der Waals surface area (Å²) in [4.78, 5) is 11.4. The monoisotopic (exact) mass is 504 g/mol. The van der Waals surface area contributed by atoms with Crippen molar-refractivity contribution in [2.75, 3.05) is 14.1 Å². The molecular weight excluding hydrogens is 476 g/mol. The van der Waals surface area contributed by atoms with Gasteiger partial charge in [0.25, 0.3) is 0 Å². The number of imidazole rings is 1. The van der Waals surface area contributed by atoms with Crippen LogP contribution in [-0.4, -0.2) is 55.1 Å². The number of aliphatic imine (C=N–C) groups is 1. The summed E-state index contributed by atoms with van der Waals surface area (Å²) < 4.78 is 2.25. The molecule has 0 atom stereocenters. The fourth-order valence-corrected chi connectivity index (χ4v) is 4.52. The van der Waals surface area contributed by atoms with Crippen molar-refractivity contribution in [2.45, 2.75) is 26.8 Å². The van der Waals surface area contributed by atoms with Crippen molar-refractivity contribution < 1.29 is 0 Å². The lowest BCUT2D eigenvalue weighted by atomic mass is 9.98. The van der Waals surface area contributed by atoms with Gasteiger partial charge in [0.2, 0.25) is 11.8 Å². The minimum absolute atomic E-state index is 0.477. The van der Waals surface area contributed by atoms with Gasteiger partial charge in [-0.25, -0.2) is 9.98 Å². The van der Waals surface area contributed by atoms with E-state index in [1.165, 1.54) is 0 Å². The molecule has 0 spiro atoms. The number of nitrogens with zero attached hydrogens (tertiary/aromatic N) is 8. The lowest BCUT2D eigenvalue weighted by molar-refractivity contribution is 0.603. The number of aromatic nitrogens is 6. The van der Waals surface area contributed by atoms with Crippen molar-refractivity contribution in [1.29, 1.82) is 5.26 Å². The van der Waals surface area contributed by atoms with E-state index in [1.807, 2.05) is 57.5 Å². The molecule has 5 aromatic rings. The third-order valence-electron chi connectivity index (χ3n) is 6.37. The van der Waals surface area contributed by atoms with E-state index in [0.29, 0.717) is 18.3 Å². The van der Waals surface area contributed by atoms with E-state index in [2.05, 4.69) is 72.8 Å². The molecule has 10 heteroatoms. The highest BCUT2D eigenvalue weighted by molar-refractivity contribution is 5.88. The van der Waals surface area contributed by atoms with E-state index in [1.54, 1.807) is 4.90 Å². The van der Waals surface area contributed by atoms with Crippen LogP contribution < -0.4 is 5.32 Å². The summed E-state index contributed by atoms with van der Waals surface area (Å²) in [5.41, 5.74) is 7.99. The zero-order chi connectivity index (χ0) is 26.6. The minimum Gasteiger partial charge on any atom is -0.348 e. The summed E-state index contributed by atoms with van der Waals surface area (Å²) in [5.74, 6) is 2.06. The number of fused-ring (bicyclic) bond motifs is 1. The largest absolute Gasteiger partial charge is 0.348 e. The summed E-state index contributed by atoms with van der Waals surface area (Å²) in [6.07, 6.45) is 2.76. The van der Waals surface area contributed by atoms with Crippen LogP contribution in [0, 0.1) is 18.4 Å². The molecule has 0 bridgehead atoms. The van der Waals surface area contributed by atoms with Gasteiger partial charge in [0.15, 0.2) is 6.19 Å². The molecule has 2 N–H and O–H groups in total. The van der Waals surface area contributed by atoms with E-state index >= 15 is 0 Å². The maximum atomic E-state index is 9.10. The number of H-pyrrole nitrogens is 1. The number of rotatable bonds is 6. The van der Waals surface area contributed by atoms with Crippen molar-refractivity contribution in [3.8, 4) is 28.7 Å². The van der Waals surface area contributed by atoms with Gasteiger partial charge in [0.05, 0.1) is 16.7 Å². The third kappa shape index (κ3) is 4.82. The zero-order valence-electron chi connectivity index (χ0n) is 21.8. The molecule has 0 aliphatic heterocycles. The Morgan fingerprint density at radius 2 is 1.87 bits per heavy atom. The molecule has 0 saturated heterocycles. The average molecular weight is 505 g/mol. The van der Waals surface area contributed by atoms with E-state index < -0.39 is 0 Å². The predicted octanol–water partition coefficient (Wildman–Crippen LogP) is 4.42. The first kappa shape index (κ1) is 24.6. The van der Waals surface area contributed by atoms with E-state index in [9.17, 15) is 0 Å². The summed E-state index contributed by atoms with van der Waals surface area (Å²) in [7, 11) is 3.69. The molecule has 38 heavy (non-hydrogen) atoms. The second-order valence-electron chi connectivity index (χ2n) is 9.14. The smallest absolute Gasteiger partial charge is 0.212 e. The van der Waals surface area contributed by atoms with Gasteiger partial charge in [0, 0.05) is 32.6 Å². The van der Waals surface area contributed by atoms with E-state index in [-0.39, 0.29) is 0 Å². The maximum absolute atomic E-state index is 9.10. The number of nitrogens with one attached hydrogen (secondary N) is 2. The predicted molar refractivity (Wildman–Crippen MR) is 148 cm³/mol. The Labute approximate surface area is 220 Å². The molecular formula is C28H28N10. The van der Waals surface area contributed by atoms with Crippen molar-refractivity contribution in [1.82, 2.24) is 40.4 Å². The van der Waals surface area contributed by atoms with Crippen LogP contribution in [0.3, 0.4) is 0 Å². The van der Waals surface area contributed by atoms with Gasteiger partial charge in [-0.15, -0.1) is 10.2 Å². The van der Waals surface area contributed by atoms with Crippen LogP contribution in [0.2, 0.25) is 0 Å².